The molecule has 1 heterocycles. The van der Waals surface area contributed by atoms with Crippen LogP contribution in [0.15, 0.2) is 71.3 Å². The van der Waals surface area contributed by atoms with Crippen LogP contribution in [-0.4, -0.2) is 27.6 Å². The first kappa shape index (κ1) is 20.5. The molecule has 5 nitrogen and oxygen atoms in total. The number of aliphatic hydroxyl groups excluding tert-OH is 1. The zero-order chi connectivity index (χ0) is 21.0. The number of rotatable bonds is 6. The number of halogens is 3. The summed E-state index contributed by atoms with van der Waals surface area (Å²) in [6, 6.07) is 14.2. The van der Waals surface area contributed by atoms with Gasteiger partial charge in [-0.25, -0.2) is 0 Å². The van der Waals surface area contributed by atoms with Crippen LogP contribution in [0, 0.1) is 0 Å². The fourth-order valence-electron chi connectivity index (χ4n) is 2.86. The highest BCUT2D eigenvalue weighted by Crippen LogP contribution is 2.33. The zero-order valence-electron chi connectivity index (χ0n) is 15.1. The van der Waals surface area contributed by atoms with Gasteiger partial charge in [-0.15, -0.1) is 0 Å². The second-order valence-electron chi connectivity index (χ2n) is 6.43. The number of furan rings is 1. The Balaban J connectivity index is 1.89. The van der Waals surface area contributed by atoms with Gasteiger partial charge in [0.05, 0.1) is 23.9 Å². The lowest BCUT2D eigenvalue weighted by Gasteiger charge is -2.25. The number of aromatic hydroxyl groups is 1. The Bertz CT molecular complexity index is 956. The number of alkyl halides is 3. The number of benzene rings is 2. The molecular weight excluding hydrogens is 387 g/mol. The van der Waals surface area contributed by atoms with Crippen molar-refractivity contribution in [2.24, 2.45) is 0 Å². The van der Waals surface area contributed by atoms with Crippen molar-refractivity contribution in [1.82, 2.24) is 4.90 Å². The van der Waals surface area contributed by atoms with Crippen molar-refractivity contribution in [2.45, 2.75) is 18.8 Å². The van der Waals surface area contributed by atoms with Gasteiger partial charge in [0.2, 0.25) is 0 Å². The van der Waals surface area contributed by atoms with E-state index < -0.39 is 29.5 Å². The van der Waals surface area contributed by atoms with Crippen molar-refractivity contribution in [1.29, 1.82) is 0 Å². The molecule has 0 spiro atoms. The Hall–Kier alpha value is -3.26. The first-order valence-electron chi connectivity index (χ1n) is 8.70. The number of carbonyl (C=O) groups excluding carboxylic acids is 1. The maximum Gasteiger partial charge on any atom is 0.416 e. The predicted molar refractivity (Wildman–Crippen MR) is 98.0 cm³/mol. The molecule has 29 heavy (non-hydrogen) atoms. The number of nitrogens with zero attached hydrogens (tertiary/aromatic N) is 1. The maximum atomic E-state index is 13.0. The molecular formula is C21H18F3NO4. The van der Waals surface area contributed by atoms with Crippen molar-refractivity contribution >= 4 is 5.91 Å². The van der Waals surface area contributed by atoms with Crippen LogP contribution in [0.4, 0.5) is 13.2 Å². The van der Waals surface area contributed by atoms with E-state index in [1.807, 2.05) is 0 Å². The molecule has 3 aromatic rings. The number of carbonyl (C=O) groups is 1. The maximum absolute atomic E-state index is 13.0. The quantitative estimate of drug-likeness (QED) is 0.638. The van der Waals surface area contributed by atoms with Crippen LogP contribution in [-0.2, 0) is 12.7 Å². The number of aliphatic hydroxyl groups is 1. The first-order chi connectivity index (χ1) is 13.8. The summed E-state index contributed by atoms with van der Waals surface area (Å²) >= 11 is 0. The Morgan fingerprint density at radius 2 is 1.79 bits per heavy atom. The number of hydrogen-bond donors (Lipinski definition) is 2. The normalized spacial score (nSPS) is 12.6. The summed E-state index contributed by atoms with van der Waals surface area (Å²) in [5, 5.41) is 20.4. The van der Waals surface area contributed by atoms with Gasteiger partial charge < -0.3 is 19.5 Å². The molecule has 0 saturated carbocycles. The molecule has 152 valence electrons. The molecule has 2 N–H and O–H groups in total. The molecule has 0 aliphatic carbocycles. The molecule has 0 fully saturated rings. The summed E-state index contributed by atoms with van der Waals surface area (Å²) in [6.07, 6.45) is -4.41. The van der Waals surface area contributed by atoms with E-state index in [1.54, 1.807) is 42.5 Å². The summed E-state index contributed by atoms with van der Waals surface area (Å²) in [6.45, 7) is -0.0976. The Kier molecular flexibility index (Phi) is 5.93. The molecule has 1 atom stereocenters. The van der Waals surface area contributed by atoms with E-state index in [1.165, 1.54) is 11.2 Å². The highest BCUT2D eigenvalue weighted by atomic mass is 19.4. The molecule has 1 amide bonds. The topological polar surface area (TPSA) is 73.9 Å². The average Bonchev–Trinajstić information content (AvgIpc) is 3.22. The van der Waals surface area contributed by atoms with Crippen LogP contribution in [0.3, 0.4) is 0 Å². The number of amides is 1. The van der Waals surface area contributed by atoms with Gasteiger partial charge in [0, 0.05) is 6.54 Å². The van der Waals surface area contributed by atoms with Gasteiger partial charge in [0.1, 0.15) is 17.6 Å². The van der Waals surface area contributed by atoms with Gasteiger partial charge in [-0.3, -0.25) is 4.79 Å². The highest BCUT2D eigenvalue weighted by molar-refractivity contribution is 5.97. The van der Waals surface area contributed by atoms with E-state index >= 15 is 0 Å². The van der Waals surface area contributed by atoms with Crippen molar-refractivity contribution in [3.05, 3.63) is 89.4 Å². The number of hydrogen-bond acceptors (Lipinski definition) is 4. The number of phenolic OH excluding ortho intramolecular Hbond substituents is 1. The zero-order valence-corrected chi connectivity index (χ0v) is 15.1. The molecule has 2 aromatic carbocycles. The monoisotopic (exact) mass is 405 g/mol. The van der Waals surface area contributed by atoms with Gasteiger partial charge in [-0.05, 0) is 35.9 Å². The van der Waals surface area contributed by atoms with E-state index in [0.717, 1.165) is 17.7 Å². The average molecular weight is 405 g/mol. The lowest BCUT2D eigenvalue weighted by atomic mass is 10.1. The largest absolute Gasteiger partial charge is 0.507 e. The molecule has 0 saturated heterocycles. The lowest BCUT2D eigenvalue weighted by molar-refractivity contribution is -0.137. The Morgan fingerprint density at radius 1 is 1.07 bits per heavy atom. The van der Waals surface area contributed by atoms with Crippen LogP contribution in [0.25, 0.3) is 0 Å². The van der Waals surface area contributed by atoms with Crippen LogP contribution < -0.4 is 0 Å². The highest BCUT2D eigenvalue weighted by Gasteiger charge is 2.32. The Labute approximate surface area is 164 Å². The van der Waals surface area contributed by atoms with Crippen LogP contribution in [0.2, 0.25) is 0 Å². The standard InChI is InChI=1S/C21H18F3NO4/c22-21(23,24)15-8-9-16(17(26)11-15)20(28)25(12-14-5-2-1-3-6-14)13-18(27)19-7-4-10-29-19/h1-11,18,26-27H,12-13H2. The van der Waals surface area contributed by atoms with E-state index in [2.05, 4.69) is 0 Å². The molecule has 3 rings (SSSR count). The van der Waals surface area contributed by atoms with Crippen LogP contribution >= 0.6 is 0 Å². The third-order valence-electron chi connectivity index (χ3n) is 4.32. The minimum atomic E-state index is -4.64. The predicted octanol–water partition coefficient (Wildman–Crippen LogP) is 4.38. The third-order valence-corrected chi connectivity index (χ3v) is 4.32. The number of phenols is 1. The second kappa shape index (κ2) is 8.40. The third kappa shape index (κ3) is 4.97. The molecule has 0 bridgehead atoms. The molecule has 0 aliphatic heterocycles. The minimum Gasteiger partial charge on any atom is -0.507 e. The Morgan fingerprint density at radius 3 is 2.38 bits per heavy atom. The van der Waals surface area contributed by atoms with E-state index in [-0.39, 0.29) is 24.4 Å². The molecule has 8 heteroatoms. The molecule has 0 radical (unpaired) electrons. The first-order valence-corrected chi connectivity index (χ1v) is 8.70. The minimum absolute atomic E-state index is 0.0813. The van der Waals surface area contributed by atoms with Gasteiger partial charge >= 0.3 is 6.18 Å². The van der Waals surface area contributed by atoms with Crippen LogP contribution in [0.1, 0.15) is 33.3 Å². The summed E-state index contributed by atoms with van der Waals surface area (Å²) in [5.41, 5.74) is -0.601. The fourth-order valence-corrected chi connectivity index (χ4v) is 2.86. The fraction of sp³-hybridized carbons (Fsp3) is 0.190. The second-order valence-corrected chi connectivity index (χ2v) is 6.43. The lowest BCUT2D eigenvalue weighted by Crippen LogP contribution is -2.34. The van der Waals surface area contributed by atoms with Gasteiger partial charge in [0.25, 0.3) is 5.91 Å². The SMILES string of the molecule is O=C(c1ccc(C(F)(F)F)cc1O)N(Cc1ccccc1)CC(O)c1ccco1. The van der Waals surface area contributed by atoms with Crippen molar-refractivity contribution in [2.75, 3.05) is 6.54 Å². The smallest absolute Gasteiger partial charge is 0.416 e. The summed E-state index contributed by atoms with van der Waals surface area (Å²) in [5.74, 6) is -1.26. The van der Waals surface area contributed by atoms with E-state index in [4.69, 9.17) is 4.42 Å². The van der Waals surface area contributed by atoms with Crippen molar-refractivity contribution in [3.8, 4) is 5.75 Å². The van der Waals surface area contributed by atoms with Crippen molar-refractivity contribution < 1.29 is 32.6 Å². The van der Waals surface area contributed by atoms with Gasteiger partial charge in [-0.2, -0.15) is 13.2 Å². The van der Waals surface area contributed by atoms with Crippen molar-refractivity contribution in [3.63, 3.8) is 0 Å². The molecule has 1 aromatic heterocycles. The van der Waals surface area contributed by atoms with E-state index in [9.17, 15) is 28.2 Å². The van der Waals surface area contributed by atoms with E-state index in [0.29, 0.717) is 6.07 Å². The van der Waals surface area contributed by atoms with Gasteiger partial charge in [-0.1, -0.05) is 30.3 Å². The summed E-state index contributed by atoms with van der Waals surface area (Å²) < 4.78 is 43.6. The summed E-state index contributed by atoms with van der Waals surface area (Å²) in [7, 11) is 0. The molecule has 0 aliphatic rings. The van der Waals surface area contributed by atoms with Crippen LogP contribution in [0.5, 0.6) is 5.75 Å². The molecule has 1 unspecified atom stereocenters. The van der Waals surface area contributed by atoms with Gasteiger partial charge in [0.15, 0.2) is 0 Å². The summed E-state index contributed by atoms with van der Waals surface area (Å²) in [4.78, 5) is 14.2.